The number of ether oxygens (including phenoxy) is 3. The number of rotatable bonds is 9. The number of fused-ring (bicyclic) bond motifs is 3. The fourth-order valence-corrected chi connectivity index (χ4v) is 9.70. The summed E-state index contributed by atoms with van der Waals surface area (Å²) in [6.45, 7) is 5.40. The van der Waals surface area contributed by atoms with Crippen molar-refractivity contribution in [1.82, 2.24) is 29.8 Å². The van der Waals surface area contributed by atoms with Crippen molar-refractivity contribution in [3.8, 4) is 17.4 Å². The second-order valence-corrected chi connectivity index (χ2v) is 19.9. The van der Waals surface area contributed by atoms with Crippen molar-refractivity contribution in [2.24, 2.45) is 17.8 Å². The number of alkyl halides is 6. The Morgan fingerprint density at radius 3 is 2.21 bits per heavy atom. The molecule has 23 heteroatoms. The molecule has 16 nitrogen and oxygen atoms in total. The van der Waals surface area contributed by atoms with E-state index in [1.165, 1.54) is 27.0 Å². The van der Waals surface area contributed by atoms with Gasteiger partial charge in [0.2, 0.25) is 33.4 Å². The zero-order valence-corrected chi connectivity index (χ0v) is 36.3. The largest absolute Gasteiger partial charge is 0.493 e. The molecule has 4 aliphatic rings. The van der Waals surface area contributed by atoms with Gasteiger partial charge in [-0.2, -0.15) is 26.3 Å². The minimum atomic E-state index is -5.18. The lowest BCUT2D eigenvalue weighted by Gasteiger charge is -2.45. The predicted octanol–water partition coefficient (Wildman–Crippen LogP) is 5.59. The van der Waals surface area contributed by atoms with Gasteiger partial charge in [-0.25, -0.2) is 23.2 Å². The number of allylic oxidation sites excluding steroid dienone is 1. The summed E-state index contributed by atoms with van der Waals surface area (Å²) in [6, 6.07) is -1.39. The maximum Gasteiger partial charge on any atom is 0.438 e. The summed E-state index contributed by atoms with van der Waals surface area (Å²) in [5.41, 5.74) is -6.79. The van der Waals surface area contributed by atoms with Crippen LogP contribution in [0.1, 0.15) is 85.3 Å². The maximum absolute atomic E-state index is 15.0. The summed E-state index contributed by atoms with van der Waals surface area (Å²) in [7, 11) is -2.06. The average molecular weight is 921 g/mol. The van der Waals surface area contributed by atoms with Gasteiger partial charge < -0.3 is 29.5 Å². The Labute approximate surface area is 359 Å². The van der Waals surface area contributed by atoms with Crippen LogP contribution in [0.2, 0.25) is 0 Å². The van der Waals surface area contributed by atoms with Gasteiger partial charge in [-0.1, -0.05) is 26.0 Å². The van der Waals surface area contributed by atoms with E-state index in [1.807, 2.05) is 0 Å². The fraction of sp³-hybridized carbons (Fsp3) is 0.650. The second kappa shape index (κ2) is 16.5. The Morgan fingerprint density at radius 2 is 1.63 bits per heavy atom. The molecule has 3 N–H and O–H groups in total. The molecule has 348 valence electrons. The van der Waals surface area contributed by atoms with Crippen molar-refractivity contribution in [1.29, 1.82) is 0 Å². The number of carbonyl (C=O) groups is 4. The van der Waals surface area contributed by atoms with E-state index in [0.29, 0.717) is 39.5 Å². The lowest BCUT2D eigenvalue weighted by Crippen LogP contribution is -2.66. The topological polar surface area (TPSA) is 207 Å². The van der Waals surface area contributed by atoms with Gasteiger partial charge >= 0.3 is 18.4 Å². The number of sulfonamides is 1. The van der Waals surface area contributed by atoms with Crippen molar-refractivity contribution in [3.63, 3.8) is 0 Å². The Balaban J connectivity index is 1.44. The zero-order chi connectivity index (χ0) is 46.8. The molecule has 1 aromatic heterocycles. The molecular weight excluding hydrogens is 871 g/mol. The number of nitrogens with zero attached hydrogens (tertiary/aromatic N) is 4. The lowest BCUT2D eigenvalue weighted by atomic mass is 9.85. The highest BCUT2D eigenvalue weighted by atomic mass is 32.2. The summed E-state index contributed by atoms with van der Waals surface area (Å²) in [4.78, 5) is 65.1. The van der Waals surface area contributed by atoms with Crippen molar-refractivity contribution < 1.29 is 73.3 Å². The summed E-state index contributed by atoms with van der Waals surface area (Å²) in [5, 5.41) is 13.1. The quantitative estimate of drug-likeness (QED) is 0.208. The summed E-state index contributed by atoms with van der Waals surface area (Å²) < 4.78 is 129. The standard InChI is InChI=1S/C40H50F6N6O10S/c1-20-10-8-9-11-22-18-38(22,34(55)50-63(58,59)37(5)12-13-37)49-31(53)26-15-23(19-51(26)33(54)29(21(2)14-20)52(35(56)57)36(3,4)40(44,45)46)62-28-17-25-24(16-27(28)60-6)47-30(39(41,42)43)32(48-25)61-7/h9,11,16-17,20-23,26,29H,8,10,12-15,18-19H2,1-7H3,(H,49,53)(H,50,55)(H,56,57)/t20-,21-,22-,23-,26+,29+,38-/m1/s1. The number of methoxy groups -OCH3 is 2. The van der Waals surface area contributed by atoms with Crippen LogP contribution >= 0.6 is 0 Å². The van der Waals surface area contributed by atoms with Crippen molar-refractivity contribution in [2.45, 2.75) is 126 Å². The van der Waals surface area contributed by atoms with Crippen LogP contribution in [0.4, 0.5) is 31.1 Å². The van der Waals surface area contributed by atoms with Gasteiger partial charge in [0.05, 0.1) is 36.5 Å². The molecule has 2 aliphatic carbocycles. The monoisotopic (exact) mass is 920 g/mol. The number of aromatic nitrogens is 2. The van der Waals surface area contributed by atoms with Crippen LogP contribution in [0, 0.1) is 17.8 Å². The highest BCUT2D eigenvalue weighted by Crippen LogP contribution is 2.48. The molecule has 0 radical (unpaired) electrons. The van der Waals surface area contributed by atoms with Gasteiger partial charge in [-0.05, 0) is 71.1 Å². The first-order valence-corrected chi connectivity index (χ1v) is 21.7. The van der Waals surface area contributed by atoms with Gasteiger partial charge in [0.1, 0.15) is 29.3 Å². The summed E-state index contributed by atoms with van der Waals surface area (Å²) >= 11 is 0. The van der Waals surface area contributed by atoms with Crippen molar-refractivity contribution >= 4 is 44.9 Å². The molecule has 3 heterocycles. The highest BCUT2D eigenvalue weighted by Gasteiger charge is 2.64. The van der Waals surface area contributed by atoms with Crippen LogP contribution in [-0.4, -0.2) is 118 Å². The number of nitrogens with one attached hydrogen (secondary N) is 2. The third-order valence-corrected chi connectivity index (χ3v) is 14.8. The second-order valence-electron chi connectivity index (χ2n) is 17.7. The van der Waals surface area contributed by atoms with Crippen LogP contribution in [0.3, 0.4) is 0 Å². The molecule has 0 unspecified atom stereocenters. The smallest absolute Gasteiger partial charge is 0.438 e. The first-order chi connectivity index (χ1) is 29.1. The maximum atomic E-state index is 15.0. The fourth-order valence-electron chi connectivity index (χ4n) is 8.39. The van der Waals surface area contributed by atoms with Crippen LogP contribution in [0.25, 0.3) is 11.0 Å². The third-order valence-electron chi connectivity index (χ3n) is 12.7. The normalized spacial score (nSPS) is 27.9. The molecule has 2 aliphatic heterocycles. The number of benzene rings is 1. The molecule has 2 saturated carbocycles. The SMILES string of the molecule is COc1cc2nc(C(F)(F)F)c(OC)nc2cc1O[C@@H]1C[C@H]2C(=O)N[C@]3(C(=O)NS(=O)(=O)C4(C)CC4)C[C@H]3C=CCC[C@@H](C)C[C@@H](C)[C@H](N(C(=O)O)C(C)(C)C(F)(F)F)C(=O)N2C1. The van der Waals surface area contributed by atoms with E-state index in [9.17, 15) is 54.3 Å². The van der Waals surface area contributed by atoms with Crippen molar-refractivity contribution in [2.75, 3.05) is 20.8 Å². The van der Waals surface area contributed by atoms with Gasteiger partial charge in [0, 0.05) is 24.5 Å². The minimum Gasteiger partial charge on any atom is -0.493 e. The molecule has 6 rings (SSSR count). The Bertz CT molecular complexity index is 2310. The number of hydrogen-bond acceptors (Lipinski definition) is 11. The molecule has 0 bridgehead atoms. The molecule has 1 aromatic carbocycles. The van der Waals surface area contributed by atoms with E-state index in [4.69, 9.17) is 14.2 Å². The van der Waals surface area contributed by atoms with Crippen LogP contribution in [0.5, 0.6) is 17.4 Å². The van der Waals surface area contributed by atoms with E-state index < -0.39 is 117 Å². The van der Waals surface area contributed by atoms with Crippen molar-refractivity contribution in [3.05, 3.63) is 30.0 Å². The van der Waals surface area contributed by atoms with Gasteiger partial charge in [-0.3, -0.25) is 24.0 Å². The van der Waals surface area contributed by atoms with E-state index in [0.717, 1.165) is 18.1 Å². The first kappa shape index (κ1) is 47.4. The average Bonchev–Trinajstić information content (AvgIpc) is 4.06. The number of hydrogen-bond donors (Lipinski definition) is 3. The minimum absolute atomic E-state index is 0.0372. The van der Waals surface area contributed by atoms with E-state index in [-0.39, 0.29) is 46.2 Å². The molecule has 63 heavy (non-hydrogen) atoms. The van der Waals surface area contributed by atoms with Crippen LogP contribution in [-0.2, 0) is 30.6 Å². The zero-order valence-electron chi connectivity index (χ0n) is 35.5. The number of carboxylic acid groups (broad SMARTS) is 1. The van der Waals surface area contributed by atoms with Gasteiger partial charge in [0.15, 0.2) is 11.5 Å². The highest BCUT2D eigenvalue weighted by molar-refractivity contribution is 7.91. The number of halogens is 6. The van der Waals surface area contributed by atoms with Gasteiger partial charge in [-0.15, -0.1) is 0 Å². The summed E-state index contributed by atoms with van der Waals surface area (Å²) in [5.74, 6) is -6.41. The predicted molar refractivity (Wildman–Crippen MR) is 211 cm³/mol. The molecule has 3 fully saturated rings. The number of amides is 4. The number of carbonyl (C=O) groups excluding carboxylic acids is 3. The Kier molecular flexibility index (Phi) is 12.4. The van der Waals surface area contributed by atoms with E-state index >= 15 is 4.79 Å². The Morgan fingerprint density at radius 1 is 1.00 bits per heavy atom. The van der Waals surface area contributed by atoms with Crippen LogP contribution < -0.4 is 24.2 Å². The van der Waals surface area contributed by atoms with Gasteiger partial charge in [0.25, 0.3) is 5.91 Å². The molecule has 1 saturated heterocycles. The summed E-state index contributed by atoms with van der Waals surface area (Å²) in [6.07, 6.45) is -8.93. The van der Waals surface area contributed by atoms with E-state index in [2.05, 4.69) is 20.0 Å². The van der Waals surface area contributed by atoms with Crippen LogP contribution in [0.15, 0.2) is 24.3 Å². The molecule has 0 spiro atoms. The molecular formula is C40H50F6N6O10S. The molecule has 2 aromatic rings. The lowest BCUT2D eigenvalue weighted by molar-refractivity contribution is -0.222. The first-order valence-electron chi connectivity index (χ1n) is 20.2. The Hall–Kier alpha value is -5.09. The van der Waals surface area contributed by atoms with E-state index in [1.54, 1.807) is 19.1 Å². The molecule has 4 amide bonds. The molecule has 7 atom stereocenters. The third kappa shape index (κ3) is 9.02.